The Morgan fingerprint density at radius 1 is 0.833 bits per heavy atom. The Bertz CT molecular complexity index is 512. The van der Waals surface area contributed by atoms with E-state index >= 15 is 0 Å². The molecule has 0 atom stereocenters. The zero-order chi connectivity index (χ0) is 12.4. The molecule has 0 saturated heterocycles. The number of benzene rings is 2. The fourth-order valence-electron chi connectivity index (χ4n) is 1.24. The van der Waals surface area contributed by atoms with Crippen LogP contribution in [0.3, 0.4) is 0 Å². The zero-order valence-electron chi connectivity index (χ0n) is 9.41. The zero-order valence-corrected chi connectivity index (χ0v) is 13.7. The van der Waals surface area contributed by atoms with E-state index in [1.54, 1.807) is 24.3 Å². The smallest absolute Gasteiger partial charge is 0.870 e. The van der Waals surface area contributed by atoms with Crippen LogP contribution in [0.25, 0.3) is 0 Å². The molecule has 2 aromatic carbocycles. The van der Waals surface area contributed by atoms with Gasteiger partial charge in [0.1, 0.15) is 11.5 Å². The molecule has 0 heterocycles. The summed E-state index contributed by atoms with van der Waals surface area (Å²) in [5.41, 5.74) is 0. The van der Waals surface area contributed by atoms with Crippen LogP contribution in [-0.4, -0.2) is 0 Å². The summed E-state index contributed by atoms with van der Waals surface area (Å²) in [6.45, 7) is 0. The summed E-state index contributed by atoms with van der Waals surface area (Å²) in [5.74, 6) is 0.234. The quantitative estimate of drug-likeness (QED) is 0.788. The van der Waals surface area contributed by atoms with E-state index in [-0.39, 0.29) is 41.1 Å². The number of hydrogen-bond acceptors (Lipinski definition) is 2. The minimum Gasteiger partial charge on any atom is -0.870 e. The molecule has 2 nitrogen and oxygen atoms in total. The summed E-state index contributed by atoms with van der Waals surface area (Å²) in [7, 11) is 0. The molecule has 18 heavy (non-hydrogen) atoms. The molecule has 0 amide bonds. The van der Waals surface area contributed by atoms with Crippen molar-refractivity contribution in [3.8, 4) is 17.2 Å². The van der Waals surface area contributed by atoms with E-state index in [1.165, 1.54) is 12.1 Å². The molecule has 0 radical (unpaired) electrons. The summed E-state index contributed by atoms with van der Waals surface area (Å²) < 4.78 is 5.39. The summed E-state index contributed by atoms with van der Waals surface area (Å²) in [6, 6.07) is 9.11. The molecule has 0 aliphatic rings. The first kappa shape index (κ1) is 16.0. The Morgan fingerprint density at radius 3 is 1.94 bits per heavy atom. The van der Waals surface area contributed by atoms with E-state index < -0.39 is 0 Å². The van der Waals surface area contributed by atoms with Crippen molar-refractivity contribution in [3.63, 3.8) is 0 Å². The van der Waals surface area contributed by atoms with E-state index in [2.05, 4.69) is 0 Å². The Morgan fingerprint density at radius 2 is 1.39 bits per heavy atom. The molecule has 0 spiro atoms. The third kappa shape index (κ3) is 3.95. The number of hydrogen-bond donors (Lipinski definition) is 0. The number of ether oxygens (including phenoxy) is 1. The van der Waals surface area contributed by atoms with Gasteiger partial charge in [-0.15, -0.1) is 0 Å². The molecule has 0 bridgehead atoms. The van der Waals surface area contributed by atoms with Crippen LogP contribution in [0, 0.1) is 0 Å². The molecule has 88 valence electrons. The van der Waals surface area contributed by atoms with Crippen molar-refractivity contribution in [2.45, 2.75) is 0 Å². The van der Waals surface area contributed by atoms with Gasteiger partial charge in [0, 0.05) is 10.0 Å². The summed E-state index contributed by atoms with van der Waals surface area (Å²) >= 11 is 17.4. The van der Waals surface area contributed by atoms with Crippen LogP contribution in [0.15, 0.2) is 36.4 Å². The standard InChI is InChI=1S/C12H7Cl3O2.Na/c13-7-1-3-11(9(15)5-7)17-12-4-2-8(14)6-10(12)16;/h1-6,16H;/q;+1/p-1. The van der Waals surface area contributed by atoms with E-state index in [0.717, 1.165) is 0 Å². The van der Waals surface area contributed by atoms with Crippen molar-refractivity contribution < 1.29 is 39.4 Å². The Hall–Kier alpha value is -0.0900. The molecular weight excluding hydrogens is 305 g/mol. The van der Waals surface area contributed by atoms with Crippen molar-refractivity contribution in [1.29, 1.82) is 0 Å². The topological polar surface area (TPSA) is 32.3 Å². The normalized spacial score (nSPS) is 9.72. The molecule has 0 aliphatic heterocycles. The molecular formula is C12H6Cl3NaO2. The van der Waals surface area contributed by atoms with Crippen LogP contribution in [0.1, 0.15) is 0 Å². The first-order chi connectivity index (χ1) is 8.06. The molecule has 0 aliphatic carbocycles. The van der Waals surface area contributed by atoms with Gasteiger partial charge < -0.3 is 9.84 Å². The fourth-order valence-corrected chi connectivity index (χ4v) is 1.85. The molecule has 0 unspecified atom stereocenters. The van der Waals surface area contributed by atoms with Gasteiger partial charge in [-0.05, 0) is 36.4 Å². The molecule has 2 aromatic rings. The summed E-state index contributed by atoms with van der Waals surface area (Å²) in [5, 5.41) is 12.7. The van der Waals surface area contributed by atoms with E-state index in [1.807, 2.05) is 0 Å². The van der Waals surface area contributed by atoms with Crippen molar-refractivity contribution in [2.24, 2.45) is 0 Å². The third-order valence-electron chi connectivity index (χ3n) is 2.02. The van der Waals surface area contributed by atoms with Crippen LogP contribution in [-0.2, 0) is 0 Å². The van der Waals surface area contributed by atoms with Gasteiger partial charge in [-0.2, -0.15) is 0 Å². The van der Waals surface area contributed by atoms with Gasteiger partial charge in [-0.1, -0.05) is 40.6 Å². The van der Waals surface area contributed by atoms with Crippen molar-refractivity contribution in [1.82, 2.24) is 0 Å². The predicted octanol–water partition coefficient (Wildman–Crippen LogP) is 1.52. The Kier molecular flexibility index (Phi) is 6.12. The third-order valence-corrected chi connectivity index (χ3v) is 2.79. The van der Waals surface area contributed by atoms with E-state index in [4.69, 9.17) is 39.5 Å². The van der Waals surface area contributed by atoms with Gasteiger partial charge in [0.2, 0.25) is 0 Å². The van der Waals surface area contributed by atoms with E-state index in [0.29, 0.717) is 20.8 Å². The number of rotatable bonds is 2. The minimum absolute atomic E-state index is 0. The molecule has 0 fully saturated rings. The maximum Gasteiger partial charge on any atom is 1.00 e. The largest absolute Gasteiger partial charge is 1.00 e. The molecule has 0 N–H and O–H groups in total. The van der Waals surface area contributed by atoms with Crippen molar-refractivity contribution in [2.75, 3.05) is 0 Å². The molecule has 2 rings (SSSR count). The molecule has 0 saturated carbocycles. The average Bonchev–Trinajstić information content (AvgIpc) is 2.25. The fraction of sp³-hybridized carbons (Fsp3) is 0. The van der Waals surface area contributed by atoms with Gasteiger partial charge in [-0.3, -0.25) is 0 Å². The van der Waals surface area contributed by atoms with Gasteiger partial charge in [0.15, 0.2) is 0 Å². The summed E-state index contributed by atoms with van der Waals surface area (Å²) in [6.07, 6.45) is 0. The number of halogens is 3. The van der Waals surface area contributed by atoms with Gasteiger partial charge in [-0.25, -0.2) is 0 Å². The van der Waals surface area contributed by atoms with Crippen molar-refractivity contribution in [3.05, 3.63) is 51.5 Å². The first-order valence-corrected chi connectivity index (χ1v) is 5.79. The van der Waals surface area contributed by atoms with Crippen molar-refractivity contribution >= 4 is 34.8 Å². The molecule has 0 aromatic heterocycles. The van der Waals surface area contributed by atoms with Gasteiger partial charge in [0.25, 0.3) is 0 Å². The SMILES string of the molecule is [Na+].[O-]c1cc(Cl)ccc1Oc1ccc(Cl)cc1Cl. The van der Waals surface area contributed by atoms with E-state index in [9.17, 15) is 5.11 Å². The van der Waals surface area contributed by atoms with Crippen LogP contribution in [0.2, 0.25) is 15.1 Å². The maximum atomic E-state index is 11.5. The first-order valence-electron chi connectivity index (χ1n) is 4.66. The van der Waals surface area contributed by atoms with Gasteiger partial charge >= 0.3 is 29.6 Å². The van der Waals surface area contributed by atoms with Crippen LogP contribution < -0.4 is 39.4 Å². The monoisotopic (exact) mass is 310 g/mol. The minimum atomic E-state index is -0.302. The Labute approximate surface area is 142 Å². The predicted molar refractivity (Wildman–Crippen MR) is 67.4 cm³/mol. The Balaban J connectivity index is 0.00000162. The van der Waals surface area contributed by atoms with Gasteiger partial charge in [0.05, 0.1) is 5.02 Å². The van der Waals surface area contributed by atoms with Crippen LogP contribution in [0.4, 0.5) is 0 Å². The summed E-state index contributed by atoms with van der Waals surface area (Å²) in [4.78, 5) is 0. The molecule has 6 heteroatoms. The van der Waals surface area contributed by atoms with Crippen LogP contribution >= 0.6 is 34.8 Å². The van der Waals surface area contributed by atoms with Crippen LogP contribution in [0.5, 0.6) is 17.2 Å². The second-order valence-corrected chi connectivity index (χ2v) is 4.55. The maximum absolute atomic E-state index is 11.5. The second kappa shape index (κ2) is 6.90. The second-order valence-electron chi connectivity index (χ2n) is 3.27. The average molecular weight is 312 g/mol.